The Hall–Kier alpha value is -3.40. The number of hydrogen-bond donors (Lipinski definition) is 6. The first-order chi connectivity index (χ1) is 26.2. The molecule has 0 aromatic carbocycles. The van der Waals surface area contributed by atoms with Gasteiger partial charge < -0.3 is 35.3 Å². The van der Waals surface area contributed by atoms with Crippen molar-refractivity contribution in [1.29, 1.82) is 0 Å². The number of rotatable bonds is 39. The Morgan fingerprint density at radius 3 is 1.80 bits per heavy atom. The van der Waals surface area contributed by atoms with Crippen molar-refractivity contribution in [2.24, 2.45) is 0 Å². The number of ether oxygens (including phenoxy) is 2. The number of aromatic amines is 1. The van der Waals surface area contributed by atoms with Crippen LogP contribution in [-0.4, -0.2) is 108 Å². The second-order valence-corrected chi connectivity index (χ2v) is 14.0. The maximum absolute atomic E-state index is 12.2. The molecule has 0 aliphatic rings. The minimum absolute atomic E-state index is 0.0362. The molecular weight excluding hydrogens is 696 g/mol. The molecule has 2 amide bonds. The number of carbonyl (C=O) groups is 5. The lowest BCUT2D eigenvalue weighted by molar-refractivity contribution is -0.140. The monoisotopic (exact) mass is 766 g/mol. The van der Waals surface area contributed by atoms with Gasteiger partial charge in [-0.05, 0) is 32.1 Å². The van der Waals surface area contributed by atoms with Crippen LogP contribution in [0.4, 0.5) is 0 Å². The van der Waals surface area contributed by atoms with Crippen LogP contribution < -0.4 is 21.7 Å². The van der Waals surface area contributed by atoms with E-state index in [9.17, 15) is 29.1 Å². The minimum Gasteiger partial charge on any atom is -0.481 e. The Morgan fingerprint density at radius 1 is 0.685 bits per heavy atom. The summed E-state index contributed by atoms with van der Waals surface area (Å²) < 4.78 is 10.8. The summed E-state index contributed by atoms with van der Waals surface area (Å²) in [7, 11) is 0. The number of nitrogens with zero attached hydrogens (tertiary/aromatic N) is 1. The molecule has 15 heteroatoms. The summed E-state index contributed by atoms with van der Waals surface area (Å²) in [5, 5.41) is 26.4. The zero-order chi connectivity index (χ0) is 39.5. The Balaban J connectivity index is 1.84. The molecule has 15 nitrogen and oxygen atoms in total. The first-order valence-electron chi connectivity index (χ1n) is 20.3. The average Bonchev–Trinajstić information content (AvgIpc) is 3.65. The molecule has 0 aliphatic carbocycles. The third-order valence-corrected chi connectivity index (χ3v) is 9.15. The van der Waals surface area contributed by atoms with Gasteiger partial charge in [-0.2, -0.15) is 0 Å². The normalized spacial score (nSPS) is 12.3. The molecule has 0 bridgehead atoms. The van der Waals surface area contributed by atoms with Crippen LogP contribution in [0, 0.1) is 0 Å². The Bertz CT molecular complexity index is 1120. The number of carboxylic acids is 2. The van der Waals surface area contributed by atoms with E-state index in [-0.39, 0.29) is 44.4 Å². The number of hydrogen-bond acceptors (Lipinski definition) is 9. The smallest absolute Gasteiger partial charge is 0.320 e. The number of aliphatic carboxylic acids is 2. The zero-order valence-electron chi connectivity index (χ0n) is 32.5. The number of unbranched alkanes of at least 4 members (excludes halogenated alkanes) is 16. The second-order valence-electron chi connectivity index (χ2n) is 14.0. The van der Waals surface area contributed by atoms with Crippen LogP contribution >= 0.6 is 0 Å². The highest BCUT2D eigenvalue weighted by Gasteiger charge is 2.21. The number of nitrogens with one attached hydrogen (secondary N) is 5. The molecule has 54 heavy (non-hydrogen) atoms. The number of Topliss-reactive ketones (excluding diaryl/α,β-unsaturated/α-hetero) is 1. The van der Waals surface area contributed by atoms with Gasteiger partial charge in [0.05, 0.1) is 38.7 Å². The fourth-order valence-electron chi connectivity index (χ4n) is 5.91. The van der Waals surface area contributed by atoms with Gasteiger partial charge >= 0.3 is 11.9 Å². The third kappa shape index (κ3) is 30.0. The van der Waals surface area contributed by atoms with Crippen molar-refractivity contribution in [3.63, 3.8) is 0 Å². The second kappa shape index (κ2) is 34.1. The van der Waals surface area contributed by atoms with Crippen LogP contribution in [0.15, 0.2) is 12.5 Å². The molecule has 0 unspecified atom stereocenters. The summed E-state index contributed by atoms with van der Waals surface area (Å²) in [6, 6.07) is -1.93. The third-order valence-electron chi connectivity index (χ3n) is 9.15. The fraction of sp³-hybridized carbons (Fsp3) is 0.795. The van der Waals surface area contributed by atoms with Crippen molar-refractivity contribution in [3.05, 3.63) is 18.2 Å². The van der Waals surface area contributed by atoms with Crippen LogP contribution in [-0.2, 0) is 39.9 Å². The summed E-state index contributed by atoms with van der Waals surface area (Å²) in [4.78, 5) is 65.0. The van der Waals surface area contributed by atoms with Gasteiger partial charge in [-0.3, -0.25) is 29.3 Å². The highest BCUT2D eigenvalue weighted by molar-refractivity contribution is 5.86. The van der Waals surface area contributed by atoms with Gasteiger partial charge in [0.2, 0.25) is 11.8 Å². The first kappa shape index (κ1) is 48.6. The van der Waals surface area contributed by atoms with Gasteiger partial charge in [0.15, 0.2) is 5.78 Å². The highest BCUT2D eigenvalue weighted by Crippen LogP contribution is 2.14. The van der Waals surface area contributed by atoms with Gasteiger partial charge in [-0.1, -0.05) is 89.9 Å². The van der Waals surface area contributed by atoms with E-state index < -0.39 is 29.8 Å². The molecular formula is C39H69N6O9. The lowest BCUT2D eigenvalue weighted by atomic mass is 10.0. The summed E-state index contributed by atoms with van der Waals surface area (Å²) in [6.07, 6.45) is 24.3. The maximum atomic E-state index is 12.2. The molecule has 1 rings (SSSR count). The van der Waals surface area contributed by atoms with Gasteiger partial charge in [-0.15, -0.1) is 0 Å². The molecule has 1 aromatic heterocycles. The fourth-order valence-corrected chi connectivity index (χ4v) is 5.91. The largest absolute Gasteiger partial charge is 0.481 e. The van der Waals surface area contributed by atoms with E-state index in [1.165, 1.54) is 77.0 Å². The topological polar surface area (TPSA) is 233 Å². The lowest BCUT2D eigenvalue weighted by Crippen LogP contribution is -2.43. The van der Waals surface area contributed by atoms with E-state index in [4.69, 9.17) is 20.3 Å². The Kier molecular flexibility index (Phi) is 30.7. The summed E-state index contributed by atoms with van der Waals surface area (Å²) in [6.45, 7) is 1.39. The first-order valence-corrected chi connectivity index (χ1v) is 20.3. The number of carboxylic acid groups (broad SMARTS) is 2. The average molecular weight is 766 g/mol. The SMILES string of the molecule is [NH][C@@H](Cc1cnc[nH]1)C(=O)CN[C@@H](CCCCNC(=O)COCCOCCNC(=O)CCCCCCCCCCCCCCCCCCC(=O)O)C(=O)O. The number of imidazole rings is 1. The van der Waals surface area contributed by atoms with Crippen molar-refractivity contribution < 1.29 is 43.7 Å². The van der Waals surface area contributed by atoms with E-state index >= 15 is 0 Å². The quantitative estimate of drug-likeness (QED) is 0.0500. The zero-order valence-corrected chi connectivity index (χ0v) is 32.5. The van der Waals surface area contributed by atoms with Gasteiger partial charge in [0.25, 0.3) is 0 Å². The molecule has 2 atom stereocenters. The van der Waals surface area contributed by atoms with Gasteiger partial charge in [0, 0.05) is 44.2 Å². The van der Waals surface area contributed by atoms with Crippen molar-refractivity contribution in [3.8, 4) is 0 Å². The predicted octanol–water partition coefficient (Wildman–Crippen LogP) is 4.76. The van der Waals surface area contributed by atoms with Crippen LogP contribution in [0.25, 0.3) is 0 Å². The molecule has 0 aliphatic heterocycles. The number of carbonyl (C=O) groups excluding carboxylic acids is 3. The summed E-state index contributed by atoms with van der Waals surface area (Å²) in [5.41, 5.74) is 8.63. The number of aromatic nitrogens is 2. The predicted molar refractivity (Wildman–Crippen MR) is 206 cm³/mol. The molecule has 0 fully saturated rings. The van der Waals surface area contributed by atoms with Gasteiger partial charge in [-0.25, -0.2) is 10.7 Å². The van der Waals surface area contributed by atoms with E-state index in [1.54, 1.807) is 6.20 Å². The van der Waals surface area contributed by atoms with E-state index in [0.29, 0.717) is 57.7 Å². The van der Waals surface area contributed by atoms with Crippen molar-refractivity contribution in [1.82, 2.24) is 31.7 Å². The van der Waals surface area contributed by atoms with Crippen LogP contribution in [0.3, 0.4) is 0 Å². The van der Waals surface area contributed by atoms with E-state index in [1.807, 2.05) is 0 Å². The maximum Gasteiger partial charge on any atom is 0.320 e. The molecule has 0 saturated carbocycles. The van der Waals surface area contributed by atoms with Crippen LogP contribution in [0.5, 0.6) is 0 Å². The summed E-state index contributed by atoms with van der Waals surface area (Å²) >= 11 is 0. The van der Waals surface area contributed by atoms with Crippen molar-refractivity contribution >= 4 is 29.5 Å². The van der Waals surface area contributed by atoms with E-state index in [0.717, 1.165) is 32.1 Å². The molecule has 7 N–H and O–H groups in total. The molecule has 0 saturated heterocycles. The molecule has 1 heterocycles. The number of ketones is 1. The number of amides is 2. The molecule has 0 spiro atoms. The van der Waals surface area contributed by atoms with Crippen molar-refractivity contribution in [2.75, 3.05) is 46.1 Å². The van der Waals surface area contributed by atoms with Gasteiger partial charge in [0.1, 0.15) is 12.6 Å². The molecule has 309 valence electrons. The minimum atomic E-state index is -1.07. The molecule has 1 radical (unpaired) electrons. The highest BCUT2D eigenvalue weighted by atomic mass is 16.5. The van der Waals surface area contributed by atoms with E-state index in [2.05, 4.69) is 25.9 Å². The van der Waals surface area contributed by atoms with Crippen molar-refractivity contribution in [2.45, 2.75) is 153 Å². The molecule has 1 aromatic rings. The Labute approximate surface area is 322 Å². The van der Waals surface area contributed by atoms with Crippen LogP contribution in [0.2, 0.25) is 0 Å². The van der Waals surface area contributed by atoms with Crippen LogP contribution in [0.1, 0.15) is 141 Å². The number of H-pyrrole nitrogens is 1. The summed E-state index contributed by atoms with van der Waals surface area (Å²) in [5.74, 6) is -2.40. The Morgan fingerprint density at radius 2 is 1.24 bits per heavy atom. The standard InChI is InChI=1S/C39H69N6O9/c40-33(27-32-28-41-31-45-32)35(46)29-44-34(39(51)52)19-17-18-22-42-37(48)30-54-26-25-53-24-23-43-36(47)20-15-13-11-9-7-5-3-1-2-4-6-8-10-12-14-16-21-38(49)50/h28,31,33-34,40,44H,1-27,29-30H2,(H,41,45)(H,42,48)(H,43,47)(H,49,50)(H,51,52)/t33-,34-/m0/s1. The lowest BCUT2D eigenvalue weighted by Gasteiger charge is -2.15.